The molecule has 3 atom stereocenters. The Kier molecular flexibility index (Phi) is 4.99. The van der Waals surface area contributed by atoms with Gasteiger partial charge in [0.15, 0.2) is 0 Å². The number of carbonyl (C=O) groups excluding carboxylic acids is 3. The van der Waals surface area contributed by atoms with Gasteiger partial charge in [0.25, 0.3) is 0 Å². The third-order valence-electron chi connectivity index (χ3n) is 6.29. The van der Waals surface area contributed by atoms with Gasteiger partial charge in [0, 0.05) is 0 Å². The van der Waals surface area contributed by atoms with E-state index in [1.165, 1.54) is 4.90 Å². The quantitative estimate of drug-likeness (QED) is 0.441. The summed E-state index contributed by atoms with van der Waals surface area (Å²) in [7, 11) is 0. The summed E-state index contributed by atoms with van der Waals surface area (Å²) >= 11 is 0. The number of benzene rings is 2. The van der Waals surface area contributed by atoms with E-state index in [1.54, 1.807) is 30.3 Å². The molecule has 0 spiro atoms. The molecule has 1 heterocycles. The average molecular weight is 391 g/mol. The largest absolute Gasteiger partial charge is 0.423 e. The summed E-state index contributed by atoms with van der Waals surface area (Å²) in [5.41, 5.74) is 2.69. The minimum absolute atomic E-state index is 0.146. The normalized spacial score (nSPS) is 23.8. The van der Waals surface area contributed by atoms with Crippen molar-refractivity contribution in [3.05, 3.63) is 59.2 Å². The van der Waals surface area contributed by atoms with Crippen LogP contribution in [0.1, 0.15) is 47.7 Å². The highest BCUT2D eigenvalue weighted by Crippen LogP contribution is 2.42. The van der Waals surface area contributed by atoms with E-state index in [1.807, 2.05) is 26.0 Å². The lowest BCUT2D eigenvalue weighted by Crippen LogP contribution is -2.31. The fourth-order valence-electron chi connectivity index (χ4n) is 4.41. The predicted octanol–water partition coefficient (Wildman–Crippen LogP) is 4.45. The van der Waals surface area contributed by atoms with Crippen molar-refractivity contribution in [1.82, 2.24) is 0 Å². The van der Waals surface area contributed by atoms with Gasteiger partial charge in [0.05, 0.1) is 23.1 Å². The first-order valence-corrected chi connectivity index (χ1v) is 10.1. The number of nitrogens with zero attached hydrogens (tertiary/aromatic N) is 1. The van der Waals surface area contributed by atoms with E-state index in [9.17, 15) is 14.4 Å². The maximum absolute atomic E-state index is 12.9. The van der Waals surface area contributed by atoms with Gasteiger partial charge in [0.2, 0.25) is 11.8 Å². The van der Waals surface area contributed by atoms with Gasteiger partial charge in [-0.15, -0.1) is 0 Å². The summed E-state index contributed by atoms with van der Waals surface area (Å²) in [6, 6.07) is 12.1. The molecule has 0 bridgehead atoms. The molecule has 29 heavy (non-hydrogen) atoms. The molecule has 2 aromatic rings. The number of carbonyl (C=O) groups is 3. The topological polar surface area (TPSA) is 63.7 Å². The van der Waals surface area contributed by atoms with Crippen LogP contribution in [-0.2, 0) is 9.59 Å². The molecule has 1 aliphatic heterocycles. The summed E-state index contributed by atoms with van der Waals surface area (Å²) < 4.78 is 5.56. The lowest BCUT2D eigenvalue weighted by Gasteiger charge is -2.25. The molecule has 1 saturated heterocycles. The first kappa shape index (κ1) is 19.4. The maximum Gasteiger partial charge on any atom is 0.343 e. The van der Waals surface area contributed by atoms with E-state index in [0.29, 0.717) is 22.9 Å². The number of anilines is 1. The number of rotatable bonds is 3. The van der Waals surface area contributed by atoms with Gasteiger partial charge < -0.3 is 4.74 Å². The summed E-state index contributed by atoms with van der Waals surface area (Å²) in [5.74, 6) is -0.314. The van der Waals surface area contributed by atoms with Crippen LogP contribution in [0.3, 0.4) is 0 Å². The zero-order chi connectivity index (χ0) is 20.7. The van der Waals surface area contributed by atoms with Crippen molar-refractivity contribution in [1.29, 1.82) is 0 Å². The van der Waals surface area contributed by atoms with E-state index >= 15 is 0 Å². The number of imide groups is 1. The van der Waals surface area contributed by atoms with Gasteiger partial charge in [-0.2, -0.15) is 0 Å². The van der Waals surface area contributed by atoms with Crippen molar-refractivity contribution in [3.63, 3.8) is 0 Å². The van der Waals surface area contributed by atoms with Crippen molar-refractivity contribution in [2.75, 3.05) is 4.90 Å². The number of amides is 2. The number of ether oxygens (including phenoxy) is 1. The molecular weight excluding hydrogens is 366 g/mol. The molecule has 0 N–H and O–H groups in total. The number of esters is 1. The van der Waals surface area contributed by atoms with Crippen LogP contribution in [0.25, 0.3) is 0 Å². The van der Waals surface area contributed by atoms with Crippen molar-refractivity contribution in [2.45, 2.75) is 40.0 Å². The first-order chi connectivity index (χ1) is 13.9. The SMILES string of the molecule is Cc1cccc(OC(=O)c2cccc(N3C(=O)C4CCC(C)CC4C3=O)c2)c1C. The molecule has 150 valence electrons. The Morgan fingerprint density at radius 3 is 2.52 bits per heavy atom. The predicted molar refractivity (Wildman–Crippen MR) is 110 cm³/mol. The highest BCUT2D eigenvalue weighted by atomic mass is 16.5. The van der Waals surface area contributed by atoms with E-state index in [4.69, 9.17) is 4.74 Å². The van der Waals surface area contributed by atoms with Crippen LogP contribution in [0, 0.1) is 31.6 Å². The molecule has 2 amide bonds. The van der Waals surface area contributed by atoms with Crippen molar-refractivity contribution >= 4 is 23.5 Å². The van der Waals surface area contributed by atoms with Crippen LogP contribution in [-0.4, -0.2) is 17.8 Å². The number of hydrogen-bond acceptors (Lipinski definition) is 4. The third-order valence-corrected chi connectivity index (χ3v) is 6.29. The number of fused-ring (bicyclic) bond motifs is 1. The highest BCUT2D eigenvalue weighted by molar-refractivity contribution is 6.22. The molecule has 5 nitrogen and oxygen atoms in total. The van der Waals surface area contributed by atoms with Crippen LogP contribution in [0.5, 0.6) is 5.75 Å². The van der Waals surface area contributed by atoms with E-state index in [0.717, 1.165) is 30.4 Å². The Hall–Kier alpha value is -2.95. The summed E-state index contributed by atoms with van der Waals surface area (Å²) in [5, 5.41) is 0. The molecule has 1 aliphatic carbocycles. The Balaban J connectivity index is 1.59. The zero-order valence-corrected chi connectivity index (χ0v) is 17.0. The Morgan fingerprint density at radius 2 is 1.72 bits per heavy atom. The third kappa shape index (κ3) is 3.46. The smallest absolute Gasteiger partial charge is 0.343 e. The van der Waals surface area contributed by atoms with E-state index < -0.39 is 5.97 Å². The molecular formula is C24H25NO4. The minimum Gasteiger partial charge on any atom is -0.423 e. The monoisotopic (exact) mass is 391 g/mol. The zero-order valence-electron chi connectivity index (χ0n) is 17.0. The molecule has 3 unspecified atom stereocenters. The summed E-state index contributed by atoms with van der Waals surface area (Å²) in [4.78, 5) is 39.8. The van der Waals surface area contributed by atoms with E-state index in [-0.39, 0.29) is 23.7 Å². The van der Waals surface area contributed by atoms with Crippen molar-refractivity contribution in [2.24, 2.45) is 17.8 Å². The van der Waals surface area contributed by atoms with Gasteiger partial charge in [-0.05, 0) is 74.4 Å². The summed E-state index contributed by atoms with van der Waals surface area (Å²) in [6.45, 7) is 5.98. The molecule has 5 heteroatoms. The average Bonchev–Trinajstić information content (AvgIpc) is 2.95. The number of hydrogen-bond donors (Lipinski definition) is 0. The standard InChI is InChI=1S/C24H25NO4/c1-14-10-11-19-20(12-14)23(27)25(22(19)26)18-8-5-7-17(13-18)24(28)29-21-9-4-6-15(2)16(21)3/h4-9,13-14,19-20H,10-12H2,1-3H3. The minimum atomic E-state index is -0.509. The lowest BCUT2D eigenvalue weighted by molar-refractivity contribution is -0.122. The molecule has 1 saturated carbocycles. The van der Waals surface area contributed by atoms with Crippen molar-refractivity contribution < 1.29 is 19.1 Å². The lowest BCUT2D eigenvalue weighted by atomic mass is 9.76. The van der Waals surface area contributed by atoms with Gasteiger partial charge in [-0.25, -0.2) is 4.79 Å². The van der Waals surface area contributed by atoms with Gasteiger partial charge in [-0.3, -0.25) is 14.5 Å². The molecule has 0 aromatic heterocycles. The molecule has 0 radical (unpaired) electrons. The number of aryl methyl sites for hydroxylation is 1. The summed E-state index contributed by atoms with van der Waals surface area (Å²) in [6.07, 6.45) is 2.47. The Labute approximate surface area is 170 Å². The molecule has 2 aromatic carbocycles. The second-order valence-corrected chi connectivity index (χ2v) is 8.28. The van der Waals surface area contributed by atoms with Gasteiger partial charge in [-0.1, -0.05) is 25.1 Å². The van der Waals surface area contributed by atoms with Crippen LogP contribution in [0.4, 0.5) is 5.69 Å². The van der Waals surface area contributed by atoms with Crippen molar-refractivity contribution in [3.8, 4) is 5.75 Å². The van der Waals surface area contributed by atoms with Crippen LogP contribution in [0.15, 0.2) is 42.5 Å². The Bertz CT molecular complexity index is 996. The molecule has 2 aliphatic rings. The molecule has 2 fully saturated rings. The van der Waals surface area contributed by atoms with Gasteiger partial charge in [0.1, 0.15) is 5.75 Å². The molecule has 4 rings (SSSR count). The van der Waals surface area contributed by atoms with Crippen LogP contribution < -0.4 is 9.64 Å². The maximum atomic E-state index is 12.9. The van der Waals surface area contributed by atoms with Gasteiger partial charge >= 0.3 is 5.97 Å². The fraction of sp³-hybridized carbons (Fsp3) is 0.375. The van der Waals surface area contributed by atoms with E-state index in [2.05, 4.69) is 6.92 Å². The Morgan fingerprint density at radius 1 is 1.00 bits per heavy atom. The first-order valence-electron chi connectivity index (χ1n) is 10.1. The second kappa shape index (κ2) is 7.47. The fourth-order valence-corrected chi connectivity index (χ4v) is 4.41. The van der Waals surface area contributed by atoms with Crippen LogP contribution >= 0.6 is 0 Å². The highest BCUT2D eigenvalue weighted by Gasteiger charge is 2.50. The second-order valence-electron chi connectivity index (χ2n) is 8.28. The van der Waals surface area contributed by atoms with Crippen LogP contribution in [0.2, 0.25) is 0 Å².